The zero-order valence-corrected chi connectivity index (χ0v) is 41.0. The van der Waals surface area contributed by atoms with E-state index in [-0.39, 0.29) is 0 Å². The number of nitrogens with zero attached hydrogens (tertiary/aromatic N) is 3. The maximum Gasteiger partial charge on any atom is 0.0542 e. The maximum atomic E-state index is 2.47. The van der Waals surface area contributed by atoms with Gasteiger partial charge in [0.05, 0.1) is 33.1 Å². The minimum Gasteiger partial charge on any atom is -0.309 e. The largest absolute Gasteiger partial charge is 0.309 e. The lowest BCUT2D eigenvalue weighted by molar-refractivity contribution is 1.17. The minimum absolute atomic E-state index is 1.13. The first-order valence-electron chi connectivity index (χ1n) is 25.8. The van der Waals surface area contributed by atoms with E-state index in [0.717, 1.165) is 17.1 Å². The molecule has 350 valence electrons. The first-order chi connectivity index (χ1) is 37.2. The maximum absolute atomic E-state index is 2.47. The van der Waals surface area contributed by atoms with E-state index >= 15 is 0 Å². The Balaban J connectivity index is 0.925. The normalized spacial score (nSPS) is 11.7. The van der Waals surface area contributed by atoms with E-state index in [4.69, 9.17) is 0 Å². The van der Waals surface area contributed by atoms with Crippen LogP contribution in [0.15, 0.2) is 285 Å². The average Bonchev–Trinajstić information content (AvgIpc) is 4.12. The van der Waals surface area contributed by atoms with Gasteiger partial charge in [0.1, 0.15) is 0 Å². The summed E-state index contributed by atoms with van der Waals surface area (Å²) in [6, 6.07) is 105. The third-order valence-corrected chi connectivity index (χ3v) is 15.4. The Morgan fingerprint density at radius 3 is 0.707 bits per heavy atom. The fourth-order valence-electron chi connectivity index (χ4n) is 11.8. The van der Waals surface area contributed by atoms with Gasteiger partial charge in [-0.15, -0.1) is 0 Å². The zero-order chi connectivity index (χ0) is 49.4. The molecule has 15 aromatic rings. The van der Waals surface area contributed by atoms with E-state index in [1.165, 1.54) is 121 Å². The molecule has 0 saturated heterocycles. The zero-order valence-electron chi connectivity index (χ0n) is 41.0. The van der Waals surface area contributed by atoms with Crippen LogP contribution in [0, 0.1) is 0 Å². The van der Waals surface area contributed by atoms with Crippen LogP contribution in [-0.2, 0) is 0 Å². The Hall–Kier alpha value is -9.96. The van der Waals surface area contributed by atoms with Gasteiger partial charge >= 0.3 is 0 Å². The molecule has 0 fully saturated rings. The second-order valence-corrected chi connectivity index (χ2v) is 19.7. The number of aromatic nitrogens is 3. The highest BCUT2D eigenvalue weighted by Crippen LogP contribution is 2.43. The third-order valence-electron chi connectivity index (χ3n) is 15.4. The second kappa shape index (κ2) is 17.4. The van der Waals surface area contributed by atoms with Crippen LogP contribution in [-0.4, -0.2) is 13.7 Å². The molecule has 3 nitrogen and oxygen atoms in total. The van der Waals surface area contributed by atoms with Gasteiger partial charge in [-0.1, -0.05) is 182 Å². The highest BCUT2D eigenvalue weighted by atomic mass is 15.0. The van der Waals surface area contributed by atoms with Gasteiger partial charge in [-0.25, -0.2) is 0 Å². The first-order valence-corrected chi connectivity index (χ1v) is 25.8. The van der Waals surface area contributed by atoms with Crippen LogP contribution in [0.25, 0.3) is 138 Å². The summed E-state index contributed by atoms with van der Waals surface area (Å²) in [5, 5.41) is 7.32. The van der Waals surface area contributed by atoms with Crippen LogP contribution in [0.3, 0.4) is 0 Å². The summed E-state index contributed by atoms with van der Waals surface area (Å²) >= 11 is 0. The molecule has 0 saturated carbocycles. The number of para-hydroxylation sites is 1. The Bertz CT molecular complexity index is 4640. The lowest BCUT2D eigenvalue weighted by Crippen LogP contribution is -1.95. The monoisotopic (exact) mass is 953 g/mol. The van der Waals surface area contributed by atoms with Gasteiger partial charge in [0.15, 0.2) is 0 Å². The van der Waals surface area contributed by atoms with Crippen LogP contribution >= 0.6 is 0 Å². The van der Waals surface area contributed by atoms with Crippen LogP contribution in [0.4, 0.5) is 0 Å². The minimum atomic E-state index is 1.13. The van der Waals surface area contributed by atoms with Crippen molar-refractivity contribution >= 4 is 65.4 Å². The summed E-state index contributed by atoms with van der Waals surface area (Å²) in [7, 11) is 0. The molecule has 0 aliphatic rings. The van der Waals surface area contributed by atoms with Crippen molar-refractivity contribution < 1.29 is 0 Å². The van der Waals surface area contributed by atoms with Crippen molar-refractivity contribution in [3.63, 3.8) is 0 Å². The standard InChI is InChI=1S/C72H47N3/c1-6-16-48(17-7-1)52-26-33-59(34-27-52)74-67-36-28-53(49-18-8-2-9-19-49)42-61(67)63-45-56(31-39-68(63)74)57-32-40-71-64(46-57)62-43-54(50-20-10-3-11-21-50)30-38-70(62)75(71)60-35-41-72-66(47-60)65-44-55(51-22-12-4-13-23-51)29-37-69(65)73(72)58-24-14-5-15-25-58/h1-47H. The molecule has 0 bridgehead atoms. The van der Waals surface area contributed by atoms with Crippen molar-refractivity contribution in [1.29, 1.82) is 0 Å². The molecule has 0 N–H and O–H groups in total. The Morgan fingerprint density at radius 1 is 0.147 bits per heavy atom. The molecule has 0 amide bonds. The predicted octanol–water partition coefficient (Wildman–Crippen LogP) is 19.3. The van der Waals surface area contributed by atoms with Crippen molar-refractivity contribution in [3.8, 4) is 72.7 Å². The topological polar surface area (TPSA) is 14.8 Å². The molecule has 0 radical (unpaired) electrons. The van der Waals surface area contributed by atoms with Gasteiger partial charge in [-0.2, -0.15) is 0 Å². The van der Waals surface area contributed by atoms with E-state index in [9.17, 15) is 0 Å². The summed E-state index contributed by atoms with van der Waals surface area (Å²) in [5.41, 5.74) is 22.5. The molecule has 0 unspecified atom stereocenters. The molecule has 3 heterocycles. The number of benzene rings is 12. The van der Waals surface area contributed by atoms with Crippen LogP contribution < -0.4 is 0 Å². The SMILES string of the molecule is c1ccc(-c2ccc(-n3c4ccc(-c5ccccc5)cc4c4cc(-c5ccc6c(c5)c5cc(-c7ccccc7)ccc5n6-c5ccc6c(c5)c5cc(-c7ccccc7)ccc5n6-c5ccccc5)ccc43)cc2)cc1. The van der Waals surface area contributed by atoms with Gasteiger partial charge in [0.25, 0.3) is 0 Å². The van der Waals surface area contributed by atoms with Crippen molar-refractivity contribution in [2.45, 2.75) is 0 Å². The van der Waals surface area contributed by atoms with Crippen LogP contribution in [0.5, 0.6) is 0 Å². The lowest BCUT2D eigenvalue weighted by atomic mass is 9.98. The summed E-state index contributed by atoms with van der Waals surface area (Å²) < 4.78 is 7.31. The van der Waals surface area contributed by atoms with Gasteiger partial charge < -0.3 is 13.7 Å². The Kier molecular flexibility index (Phi) is 9.89. The highest BCUT2D eigenvalue weighted by Gasteiger charge is 2.20. The molecule has 12 aromatic carbocycles. The number of rotatable bonds is 8. The predicted molar refractivity (Wildman–Crippen MR) is 317 cm³/mol. The number of hydrogen-bond acceptors (Lipinski definition) is 0. The fourth-order valence-corrected chi connectivity index (χ4v) is 11.8. The molecule has 0 aliphatic carbocycles. The third kappa shape index (κ3) is 7.12. The van der Waals surface area contributed by atoms with Crippen molar-refractivity contribution in [3.05, 3.63) is 285 Å². The van der Waals surface area contributed by atoms with Gasteiger partial charge in [0, 0.05) is 49.4 Å². The molecular formula is C72H47N3. The summed E-state index contributed by atoms with van der Waals surface area (Å²) in [4.78, 5) is 0. The van der Waals surface area contributed by atoms with Gasteiger partial charge in [-0.05, 0) is 159 Å². The smallest absolute Gasteiger partial charge is 0.0542 e. The lowest BCUT2D eigenvalue weighted by Gasteiger charge is -2.11. The Morgan fingerprint density at radius 2 is 0.360 bits per heavy atom. The van der Waals surface area contributed by atoms with E-state index in [0.29, 0.717) is 0 Å². The molecule has 0 atom stereocenters. The molecule has 75 heavy (non-hydrogen) atoms. The number of fused-ring (bicyclic) bond motifs is 9. The molecule has 15 rings (SSSR count). The fraction of sp³-hybridized carbons (Fsp3) is 0. The van der Waals surface area contributed by atoms with Gasteiger partial charge in [-0.3, -0.25) is 0 Å². The van der Waals surface area contributed by atoms with E-state index in [2.05, 4.69) is 299 Å². The summed E-state index contributed by atoms with van der Waals surface area (Å²) in [5.74, 6) is 0. The van der Waals surface area contributed by atoms with E-state index < -0.39 is 0 Å². The molecular weight excluding hydrogens is 907 g/mol. The van der Waals surface area contributed by atoms with Crippen molar-refractivity contribution in [2.24, 2.45) is 0 Å². The van der Waals surface area contributed by atoms with Crippen LogP contribution in [0.1, 0.15) is 0 Å². The van der Waals surface area contributed by atoms with E-state index in [1.807, 2.05) is 0 Å². The molecule has 0 spiro atoms. The van der Waals surface area contributed by atoms with Crippen molar-refractivity contribution in [1.82, 2.24) is 13.7 Å². The van der Waals surface area contributed by atoms with E-state index in [1.54, 1.807) is 0 Å². The van der Waals surface area contributed by atoms with Crippen LogP contribution in [0.2, 0.25) is 0 Å². The average molecular weight is 954 g/mol. The summed E-state index contributed by atoms with van der Waals surface area (Å²) in [6.07, 6.45) is 0. The summed E-state index contributed by atoms with van der Waals surface area (Å²) in [6.45, 7) is 0. The number of hydrogen-bond donors (Lipinski definition) is 0. The molecule has 0 aliphatic heterocycles. The second-order valence-electron chi connectivity index (χ2n) is 19.7. The van der Waals surface area contributed by atoms with Gasteiger partial charge in [0.2, 0.25) is 0 Å². The molecule has 3 heteroatoms. The quantitative estimate of drug-likeness (QED) is 0.144. The highest BCUT2D eigenvalue weighted by molar-refractivity contribution is 6.15. The first kappa shape index (κ1) is 42.7. The molecule has 3 aromatic heterocycles. The Labute approximate surface area is 434 Å². The van der Waals surface area contributed by atoms with Crippen molar-refractivity contribution in [2.75, 3.05) is 0 Å².